The third-order valence-electron chi connectivity index (χ3n) is 3.45. The molecule has 2 atom stereocenters. The van der Waals surface area contributed by atoms with Crippen molar-refractivity contribution >= 4 is 0 Å². The van der Waals surface area contributed by atoms with E-state index in [1.165, 1.54) is 17.5 Å². The van der Waals surface area contributed by atoms with Crippen LogP contribution in [-0.2, 0) is 11.2 Å². The van der Waals surface area contributed by atoms with Crippen molar-refractivity contribution in [3.05, 3.63) is 35.4 Å². The molecule has 2 nitrogen and oxygen atoms in total. The van der Waals surface area contributed by atoms with Crippen LogP contribution < -0.4 is 5.32 Å². The van der Waals surface area contributed by atoms with Gasteiger partial charge in [-0.1, -0.05) is 51.5 Å². The fourth-order valence-electron chi connectivity index (χ4n) is 2.49. The Balaban J connectivity index is 2.87. The van der Waals surface area contributed by atoms with Crippen LogP contribution in [-0.4, -0.2) is 20.3 Å². The molecule has 102 valence electrons. The topological polar surface area (TPSA) is 21.3 Å². The largest absolute Gasteiger partial charge is 0.379 e. The van der Waals surface area contributed by atoms with Crippen LogP contribution in [0.15, 0.2) is 24.3 Å². The van der Waals surface area contributed by atoms with Gasteiger partial charge in [0.05, 0.1) is 12.1 Å². The van der Waals surface area contributed by atoms with Crippen LogP contribution in [0, 0.1) is 5.92 Å². The first kappa shape index (κ1) is 15.2. The van der Waals surface area contributed by atoms with E-state index < -0.39 is 0 Å². The van der Waals surface area contributed by atoms with E-state index in [4.69, 9.17) is 4.74 Å². The Morgan fingerprint density at radius 1 is 1.17 bits per heavy atom. The highest BCUT2D eigenvalue weighted by Gasteiger charge is 2.24. The molecule has 1 N–H and O–H groups in total. The lowest BCUT2D eigenvalue weighted by Crippen LogP contribution is -2.34. The second-order valence-corrected chi connectivity index (χ2v) is 5.20. The minimum atomic E-state index is 0.201. The maximum atomic E-state index is 5.63. The summed E-state index contributed by atoms with van der Waals surface area (Å²) in [6.45, 7) is 6.61. The van der Waals surface area contributed by atoms with E-state index in [1.54, 1.807) is 7.11 Å². The van der Waals surface area contributed by atoms with Crippen molar-refractivity contribution in [1.29, 1.82) is 0 Å². The van der Waals surface area contributed by atoms with Gasteiger partial charge in [0.1, 0.15) is 0 Å². The monoisotopic (exact) mass is 249 g/mol. The molecule has 0 aliphatic heterocycles. The number of methoxy groups -OCH3 is 1. The van der Waals surface area contributed by atoms with Crippen molar-refractivity contribution < 1.29 is 4.74 Å². The number of benzene rings is 1. The first-order valence-electron chi connectivity index (χ1n) is 6.92. The van der Waals surface area contributed by atoms with Crippen LogP contribution in [0.4, 0.5) is 0 Å². The van der Waals surface area contributed by atoms with E-state index in [1.807, 2.05) is 7.05 Å². The van der Waals surface area contributed by atoms with Crippen LogP contribution in [0.3, 0.4) is 0 Å². The van der Waals surface area contributed by atoms with Gasteiger partial charge in [0.2, 0.25) is 0 Å². The van der Waals surface area contributed by atoms with E-state index >= 15 is 0 Å². The molecular weight excluding hydrogens is 222 g/mol. The Kier molecular flexibility index (Phi) is 6.37. The minimum absolute atomic E-state index is 0.201. The van der Waals surface area contributed by atoms with E-state index in [0.29, 0.717) is 5.92 Å². The van der Waals surface area contributed by atoms with Crippen molar-refractivity contribution in [2.24, 2.45) is 5.92 Å². The maximum absolute atomic E-state index is 5.63. The molecule has 2 unspecified atom stereocenters. The Morgan fingerprint density at radius 3 is 2.17 bits per heavy atom. The van der Waals surface area contributed by atoms with Crippen LogP contribution in [0.2, 0.25) is 0 Å². The van der Waals surface area contributed by atoms with Crippen molar-refractivity contribution in [2.45, 2.75) is 45.8 Å². The van der Waals surface area contributed by atoms with Crippen LogP contribution >= 0.6 is 0 Å². The van der Waals surface area contributed by atoms with Crippen molar-refractivity contribution in [1.82, 2.24) is 5.32 Å². The molecular formula is C16H27NO. The normalized spacial score (nSPS) is 14.8. The second kappa shape index (κ2) is 7.55. The minimum Gasteiger partial charge on any atom is -0.379 e. The fraction of sp³-hybridized carbons (Fsp3) is 0.625. The average molecular weight is 249 g/mol. The molecule has 2 heteroatoms. The molecule has 0 amide bonds. The number of aryl methyl sites for hydroxylation is 1. The quantitative estimate of drug-likeness (QED) is 0.797. The van der Waals surface area contributed by atoms with Gasteiger partial charge in [-0.15, -0.1) is 0 Å². The van der Waals surface area contributed by atoms with Gasteiger partial charge >= 0.3 is 0 Å². The number of likely N-dealkylation sites (N-methyl/N-ethyl adjacent to an activating group) is 1. The van der Waals surface area contributed by atoms with Crippen LogP contribution in [0.1, 0.15) is 44.4 Å². The summed E-state index contributed by atoms with van der Waals surface area (Å²) >= 11 is 0. The summed E-state index contributed by atoms with van der Waals surface area (Å²) in [4.78, 5) is 0. The van der Waals surface area contributed by atoms with E-state index in [9.17, 15) is 0 Å². The SMILES string of the molecule is CCCc1ccc(C(NC)C(OC)C(C)C)cc1. The van der Waals surface area contributed by atoms with Crippen LogP contribution in [0.5, 0.6) is 0 Å². The highest BCUT2D eigenvalue weighted by molar-refractivity contribution is 5.26. The predicted octanol–water partition coefficient (Wildman–Crippen LogP) is 3.57. The first-order valence-corrected chi connectivity index (χ1v) is 6.92. The zero-order chi connectivity index (χ0) is 13.5. The average Bonchev–Trinajstić information content (AvgIpc) is 2.37. The van der Waals surface area contributed by atoms with Gasteiger partial charge in [0, 0.05) is 7.11 Å². The molecule has 1 aromatic carbocycles. The number of nitrogens with one attached hydrogen (secondary N) is 1. The Hall–Kier alpha value is -0.860. The summed E-state index contributed by atoms with van der Waals surface area (Å²) in [5, 5.41) is 3.38. The van der Waals surface area contributed by atoms with Crippen molar-refractivity contribution in [3.63, 3.8) is 0 Å². The Labute approximate surface area is 112 Å². The van der Waals surface area contributed by atoms with Crippen molar-refractivity contribution in [2.75, 3.05) is 14.2 Å². The lowest BCUT2D eigenvalue weighted by Gasteiger charge is -2.29. The highest BCUT2D eigenvalue weighted by Crippen LogP contribution is 2.24. The standard InChI is InChI=1S/C16H27NO/c1-6-7-13-8-10-14(11-9-13)15(17-4)16(18-5)12(2)3/h8-12,15-17H,6-7H2,1-5H3. The summed E-state index contributed by atoms with van der Waals surface area (Å²) in [5.41, 5.74) is 2.72. The zero-order valence-corrected chi connectivity index (χ0v) is 12.4. The number of hydrogen-bond donors (Lipinski definition) is 1. The van der Waals surface area contributed by atoms with Gasteiger partial charge in [0.15, 0.2) is 0 Å². The van der Waals surface area contributed by atoms with Crippen molar-refractivity contribution in [3.8, 4) is 0 Å². The molecule has 0 saturated carbocycles. The molecule has 0 spiro atoms. The van der Waals surface area contributed by atoms with E-state index in [0.717, 1.165) is 6.42 Å². The van der Waals surface area contributed by atoms with Gasteiger partial charge in [0.25, 0.3) is 0 Å². The van der Waals surface area contributed by atoms with E-state index in [-0.39, 0.29) is 12.1 Å². The predicted molar refractivity (Wildman–Crippen MR) is 77.9 cm³/mol. The molecule has 0 aliphatic carbocycles. The van der Waals surface area contributed by atoms with Gasteiger partial charge in [-0.25, -0.2) is 0 Å². The van der Waals surface area contributed by atoms with Gasteiger partial charge in [-0.3, -0.25) is 0 Å². The third kappa shape index (κ3) is 3.82. The molecule has 1 aromatic rings. The second-order valence-electron chi connectivity index (χ2n) is 5.20. The maximum Gasteiger partial charge on any atom is 0.0788 e. The summed E-state index contributed by atoms with van der Waals surface area (Å²) in [6.07, 6.45) is 2.55. The fourth-order valence-corrected chi connectivity index (χ4v) is 2.49. The number of rotatable bonds is 7. The lowest BCUT2D eigenvalue weighted by atomic mass is 9.92. The molecule has 0 aliphatic rings. The smallest absolute Gasteiger partial charge is 0.0788 e. The molecule has 0 fully saturated rings. The van der Waals surface area contributed by atoms with E-state index in [2.05, 4.69) is 50.4 Å². The molecule has 18 heavy (non-hydrogen) atoms. The summed E-state index contributed by atoms with van der Waals surface area (Å²) < 4.78 is 5.63. The summed E-state index contributed by atoms with van der Waals surface area (Å²) in [6, 6.07) is 9.17. The number of ether oxygens (including phenoxy) is 1. The van der Waals surface area contributed by atoms with Gasteiger partial charge in [-0.05, 0) is 30.5 Å². The molecule has 0 heterocycles. The highest BCUT2D eigenvalue weighted by atomic mass is 16.5. The van der Waals surface area contributed by atoms with Gasteiger partial charge < -0.3 is 10.1 Å². The Morgan fingerprint density at radius 2 is 1.78 bits per heavy atom. The molecule has 0 bridgehead atoms. The first-order chi connectivity index (χ1) is 8.63. The molecule has 1 rings (SSSR count). The molecule has 0 aromatic heterocycles. The Bertz CT molecular complexity index is 331. The molecule has 0 radical (unpaired) electrons. The third-order valence-corrected chi connectivity index (χ3v) is 3.45. The zero-order valence-electron chi connectivity index (χ0n) is 12.4. The lowest BCUT2D eigenvalue weighted by molar-refractivity contribution is 0.0348. The van der Waals surface area contributed by atoms with Crippen LogP contribution in [0.25, 0.3) is 0 Å². The summed E-state index contributed by atoms with van der Waals surface area (Å²) in [7, 11) is 3.79. The summed E-state index contributed by atoms with van der Waals surface area (Å²) in [5.74, 6) is 0.489. The molecule has 0 saturated heterocycles. The van der Waals surface area contributed by atoms with Gasteiger partial charge in [-0.2, -0.15) is 0 Å². The number of hydrogen-bond acceptors (Lipinski definition) is 2.